The predicted molar refractivity (Wildman–Crippen MR) is 52.4 cm³/mol. The van der Waals surface area contributed by atoms with Gasteiger partial charge in [-0.3, -0.25) is 0 Å². The summed E-state index contributed by atoms with van der Waals surface area (Å²) in [5, 5.41) is 10.1. The van der Waals surface area contributed by atoms with Gasteiger partial charge >= 0.3 is 6.18 Å². The largest absolute Gasteiger partial charge is 0.391 e. The van der Waals surface area contributed by atoms with Crippen molar-refractivity contribution in [2.24, 2.45) is 11.8 Å². The maximum absolute atomic E-state index is 12.4. The maximum atomic E-state index is 12.4. The Morgan fingerprint density at radius 2 is 1.73 bits per heavy atom. The fourth-order valence-electron chi connectivity index (χ4n) is 2.45. The van der Waals surface area contributed by atoms with Crippen molar-refractivity contribution in [2.45, 2.75) is 57.7 Å². The van der Waals surface area contributed by atoms with Crippen LogP contribution in [0.2, 0.25) is 0 Å². The molecule has 1 rings (SSSR count). The van der Waals surface area contributed by atoms with Gasteiger partial charge in [0.15, 0.2) is 0 Å². The average molecular weight is 224 g/mol. The molecule has 0 aromatic carbocycles. The highest BCUT2D eigenvalue weighted by molar-refractivity contribution is 4.88. The first kappa shape index (κ1) is 12.8. The lowest BCUT2D eigenvalue weighted by molar-refractivity contribution is -0.193. The fraction of sp³-hybridized carbons (Fsp3) is 1.00. The third-order valence-electron chi connectivity index (χ3n) is 3.17. The van der Waals surface area contributed by atoms with Gasteiger partial charge < -0.3 is 5.11 Å². The highest BCUT2D eigenvalue weighted by Crippen LogP contribution is 2.42. The zero-order valence-electron chi connectivity index (χ0n) is 9.27. The average Bonchev–Trinajstić information content (AvgIpc) is 2.00. The van der Waals surface area contributed by atoms with Crippen LogP contribution in [0.25, 0.3) is 0 Å². The molecule has 15 heavy (non-hydrogen) atoms. The van der Waals surface area contributed by atoms with Gasteiger partial charge in [0.05, 0.1) is 11.5 Å². The van der Waals surface area contributed by atoms with E-state index < -0.39 is 17.7 Å². The van der Waals surface area contributed by atoms with Crippen LogP contribution in [0.3, 0.4) is 0 Å². The van der Waals surface area contributed by atoms with Crippen LogP contribution in [-0.4, -0.2) is 16.9 Å². The van der Waals surface area contributed by atoms with Gasteiger partial charge in [-0.2, -0.15) is 13.2 Å². The second-order valence-corrected chi connectivity index (χ2v) is 5.14. The second-order valence-electron chi connectivity index (χ2n) is 5.14. The van der Waals surface area contributed by atoms with Gasteiger partial charge in [0.1, 0.15) is 0 Å². The van der Waals surface area contributed by atoms with Crippen molar-refractivity contribution < 1.29 is 18.3 Å². The van der Waals surface area contributed by atoms with E-state index >= 15 is 0 Å². The molecular formula is C11H19F3O. The zero-order valence-corrected chi connectivity index (χ0v) is 9.27. The first-order chi connectivity index (χ1) is 6.73. The molecule has 0 saturated heterocycles. The van der Waals surface area contributed by atoms with Crippen LogP contribution in [0.15, 0.2) is 0 Å². The molecule has 4 heteroatoms. The van der Waals surface area contributed by atoms with E-state index in [0.29, 0.717) is 12.3 Å². The van der Waals surface area contributed by atoms with Crippen molar-refractivity contribution >= 4 is 0 Å². The van der Waals surface area contributed by atoms with Crippen LogP contribution >= 0.6 is 0 Å². The summed E-state index contributed by atoms with van der Waals surface area (Å²) in [4.78, 5) is 0. The predicted octanol–water partition coefficient (Wildman–Crippen LogP) is 3.52. The Morgan fingerprint density at radius 3 is 2.07 bits per heavy atom. The van der Waals surface area contributed by atoms with Gasteiger partial charge in [0, 0.05) is 0 Å². The van der Waals surface area contributed by atoms with Gasteiger partial charge in [-0.15, -0.1) is 0 Å². The van der Waals surface area contributed by atoms with E-state index in [1.165, 1.54) is 0 Å². The van der Waals surface area contributed by atoms with Crippen LogP contribution in [-0.2, 0) is 0 Å². The normalized spacial score (nSPS) is 33.4. The van der Waals surface area contributed by atoms with Crippen molar-refractivity contribution in [3.05, 3.63) is 0 Å². The van der Waals surface area contributed by atoms with Crippen molar-refractivity contribution in [1.29, 1.82) is 0 Å². The molecule has 90 valence electrons. The summed E-state index contributed by atoms with van der Waals surface area (Å²) in [5.74, 6) is -0.873. The zero-order chi connectivity index (χ0) is 11.7. The van der Waals surface area contributed by atoms with Crippen molar-refractivity contribution in [1.82, 2.24) is 0 Å². The molecule has 0 spiro atoms. The maximum Gasteiger partial charge on any atom is 0.391 e. The first-order valence-corrected chi connectivity index (χ1v) is 5.52. The minimum absolute atomic E-state index is 0.0761. The number of aliphatic hydroxyl groups is 1. The van der Waals surface area contributed by atoms with Crippen molar-refractivity contribution in [3.8, 4) is 0 Å². The molecule has 0 radical (unpaired) electrons. The Bertz CT molecular complexity index is 202. The second kappa shape index (κ2) is 4.32. The summed E-state index contributed by atoms with van der Waals surface area (Å²) in [6, 6.07) is 0. The third kappa shape index (κ3) is 3.67. The van der Waals surface area contributed by atoms with Gasteiger partial charge in [0.2, 0.25) is 0 Å². The molecule has 0 aromatic rings. The summed E-state index contributed by atoms with van der Waals surface area (Å²) in [5.41, 5.74) is -0.851. The minimum Gasteiger partial charge on any atom is -0.390 e. The van der Waals surface area contributed by atoms with Crippen LogP contribution in [0, 0.1) is 11.8 Å². The standard InChI is InChI=1S/C11H19F3O/c1-8(2)7-10(15)5-3-9(4-6-10)11(12,13)14/h8-9,15H,3-7H2,1-2H3. The lowest BCUT2D eigenvalue weighted by Crippen LogP contribution is -2.39. The third-order valence-corrected chi connectivity index (χ3v) is 3.17. The number of alkyl halides is 3. The number of hydrogen-bond acceptors (Lipinski definition) is 1. The molecule has 1 fully saturated rings. The fourth-order valence-corrected chi connectivity index (χ4v) is 2.45. The molecule has 1 aliphatic rings. The molecular weight excluding hydrogens is 205 g/mol. The minimum atomic E-state index is -4.08. The number of halogens is 3. The summed E-state index contributed by atoms with van der Waals surface area (Å²) in [6.07, 6.45) is -2.75. The van der Waals surface area contributed by atoms with E-state index in [-0.39, 0.29) is 25.7 Å². The molecule has 1 N–H and O–H groups in total. The SMILES string of the molecule is CC(C)CC1(O)CCC(C(F)(F)F)CC1. The topological polar surface area (TPSA) is 20.2 Å². The Kier molecular flexibility index (Phi) is 3.69. The highest BCUT2D eigenvalue weighted by atomic mass is 19.4. The number of hydrogen-bond donors (Lipinski definition) is 1. The molecule has 1 nitrogen and oxygen atoms in total. The Balaban J connectivity index is 2.48. The van der Waals surface area contributed by atoms with E-state index in [0.717, 1.165) is 0 Å². The monoisotopic (exact) mass is 224 g/mol. The van der Waals surface area contributed by atoms with Gasteiger partial charge in [-0.25, -0.2) is 0 Å². The van der Waals surface area contributed by atoms with E-state index in [9.17, 15) is 18.3 Å². The lowest BCUT2D eigenvalue weighted by Gasteiger charge is -2.37. The van der Waals surface area contributed by atoms with Crippen molar-refractivity contribution in [3.63, 3.8) is 0 Å². The van der Waals surface area contributed by atoms with Crippen LogP contribution in [0.4, 0.5) is 13.2 Å². The van der Waals surface area contributed by atoms with E-state index in [1.54, 1.807) is 0 Å². The molecule has 0 bridgehead atoms. The molecule has 0 heterocycles. The van der Waals surface area contributed by atoms with E-state index in [2.05, 4.69) is 0 Å². The number of rotatable bonds is 2. The molecule has 0 aliphatic heterocycles. The van der Waals surface area contributed by atoms with Crippen LogP contribution in [0.1, 0.15) is 46.0 Å². The summed E-state index contributed by atoms with van der Waals surface area (Å²) in [7, 11) is 0. The van der Waals surface area contributed by atoms with E-state index in [1.807, 2.05) is 13.8 Å². The molecule has 0 aromatic heterocycles. The smallest absolute Gasteiger partial charge is 0.390 e. The van der Waals surface area contributed by atoms with Crippen LogP contribution < -0.4 is 0 Å². The lowest BCUT2D eigenvalue weighted by atomic mass is 9.75. The highest BCUT2D eigenvalue weighted by Gasteiger charge is 2.45. The quantitative estimate of drug-likeness (QED) is 0.761. The summed E-state index contributed by atoms with van der Waals surface area (Å²) in [6.45, 7) is 3.96. The Morgan fingerprint density at radius 1 is 1.27 bits per heavy atom. The summed E-state index contributed by atoms with van der Waals surface area (Å²) >= 11 is 0. The molecule has 0 unspecified atom stereocenters. The van der Waals surface area contributed by atoms with Gasteiger partial charge in [0.25, 0.3) is 0 Å². The molecule has 0 atom stereocenters. The van der Waals surface area contributed by atoms with Gasteiger partial charge in [-0.05, 0) is 38.0 Å². The molecule has 0 amide bonds. The molecule has 1 aliphatic carbocycles. The first-order valence-electron chi connectivity index (χ1n) is 5.52. The molecule has 1 saturated carbocycles. The van der Waals surface area contributed by atoms with Crippen LogP contribution in [0.5, 0.6) is 0 Å². The van der Waals surface area contributed by atoms with Crippen molar-refractivity contribution in [2.75, 3.05) is 0 Å². The summed E-state index contributed by atoms with van der Waals surface area (Å²) < 4.78 is 37.1. The van der Waals surface area contributed by atoms with E-state index in [4.69, 9.17) is 0 Å². The Hall–Kier alpha value is -0.250. The van der Waals surface area contributed by atoms with Gasteiger partial charge in [-0.1, -0.05) is 13.8 Å². The Labute approximate surface area is 88.7 Å².